The molecule has 10 heteroatoms. The molecule has 0 unspecified atom stereocenters. The average Bonchev–Trinajstić information content (AvgIpc) is 3.61. The Morgan fingerprint density at radius 3 is 2.67 bits per heavy atom. The number of aromatic hydroxyl groups is 1. The lowest BCUT2D eigenvalue weighted by Crippen LogP contribution is -2.52. The van der Waals surface area contributed by atoms with Gasteiger partial charge in [0.1, 0.15) is 23.0 Å². The number of pyridine rings is 1. The predicted molar refractivity (Wildman–Crippen MR) is 112 cm³/mol. The summed E-state index contributed by atoms with van der Waals surface area (Å²) in [6, 6.07) is 2.07. The number of hydrogen-bond donors (Lipinski definition) is 3. The highest BCUT2D eigenvalue weighted by Gasteiger charge is 2.34. The quantitative estimate of drug-likeness (QED) is 0.577. The molecule has 1 aliphatic carbocycles. The van der Waals surface area contributed by atoms with Crippen molar-refractivity contribution in [3.05, 3.63) is 36.5 Å². The van der Waals surface area contributed by atoms with Crippen molar-refractivity contribution in [2.75, 3.05) is 29.9 Å². The van der Waals surface area contributed by atoms with Gasteiger partial charge in [-0.25, -0.2) is 15.0 Å². The van der Waals surface area contributed by atoms with E-state index in [1.165, 1.54) is 12.8 Å². The van der Waals surface area contributed by atoms with Crippen LogP contribution in [0.2, 0.25) is 0 Å². The fourth-order valence-electron chi connectivity index (χ4n) is 3.62. The Balaban J connectivity index is 1.29. The highest BCUT2D eigenvalue weighted by Crippen LogP contribution is 2.34. The first-order valence-electron chi connectivity index (χ1n) is 10.1. The van der Waals surface area contributed by atoms with E-state index in [9.17, 15) is 5.11 Å². The molecule has 0 spiro atoms. The molecule has 1 saturated heterocycles. The molecule has 154 valence electrons. The summed E-state index contributed by atoms with van der Waals surface area (Å²) in [7, 11) is 0. The van der Waals surface area contributed by atoms with Gasteiger partial charge in [0.15, 0.2) is 0 Å². The molecular formula is C20H23N9O. The third-order valence-electron chi connectivity index (χ3n) is 5.39. The van der Waals surface area contributed by atoms with Gasteiger partial charge in [-0.2, -0.15) is 0 Å². The molecule has 3 N–H and O–H groups in total. The summed E-state index contributed by atoms with van der Waals surface area (Å²) >= 11 is 0. The number of nitrogens with zero attached hydrogens (tertiary/aromatic N) is 7. The lowest BCUT2D eigenvalue weighted by Gasteiger charge is -2.33. The zero-order valence-corrected chi connectivity index (χ0v) is 16.7. The Morgan fingerprint density at radius 1 is 1.07 bits per heavy atom. The van der Waals surface area contributed by atoms with Crippen molar-refractivity contribution < 1.29 is 5.11 Å². The monoisotopic (exact) mass is 405 g/mol. The average molecular weight is 405 g/mol. The third kappa shape index (κ3) is 3.99. The summed E-state index contributed by atoms with van der Waals surface area (Å²) in [5.74, 6) is 1.95. The van der Waals surface area contributed by atoms with Gasteiger partial charge in [-0.1, -0.05) is 0 Å². The molecule has 0 radical (unpaired) electrons. The van der Waals surface area contributed by atoms with E-state index in [2.05, 4.69) is 45.7 Å². The standard InChI is InChI=1S/C20H23N9O/c1-12-7-23-18(10-22-12)26-14-6-17(30)19(24-8-14)15-9-25-20(28-27-15)29-5-4-21-16(11-29)13-2-3-13/h6-10,13,16,21,30H,2-5,11H2,1H3,(H,23,26)/t16-/m1/s1. The summed E-state index contributed by atoms with van der Waals surface area (Å²) in [6.07, 6.45) is 9.10. The largest absolute Gasteiger partial charge is 0.506 e. The topological polar surface area (TPSA) is 125 Å². The van der Waals surface area contributed by atoms with Crippen LogP contribution >= 0.6 is 0 Å². The van der Waals surface area contributed by atoms with Crippen molar-refractivity contribution in [3.63, 3.8) is 0 Å². The second-order valence-corrected chi connectivity index (χ2v) is 7.75. The zero-order valence-electron chi connectivity index (χ0n) is 16.7. The maximum Gasteiger partial charge on any atom is 0.245 e. The van der Waals surface area contributed by atoms with Crippen LogP contribution in [0.15, 0.2) is 30.9 Å². The minimum atomic E-state index is -0.0140. The van der Waals surface area contributed by atoms with Gasteiger partial charge < -0.3 is 20.6 Å². The number of aromatic nitrogens is 6. The third-order valence-corrected chi connectivity index (χ3v) is 5.39. The fourth-order valence-corrected chi connectivity index (χ4v) is 3.62. The van der Waals surface area contributed by atoms with Crippen molar-refractivity contribution in [1.29, 1.82) is 0 Å². The zero-order chi connectivity index (χ0) is 20.5. The van der Waals surface area contributed by atoms with Crippen LogP contribution in [0.25, 0.3) is 11.4 Å². The lowest BCUT2D eigenvalue weighted by atomic mass is 10.1. The van der Waals surface area contributed by atoms with Gasteiger partial charge in [-0.3, -0.25) is 4.98 Å². The first kappa shape index (κ1) is 18.6. The lowest BCUT2D eigenvalue weighted by molar-refractivity contribution is 0.414. The molecule has 3 aromatic rings. The normalized spacial score (nSPS) is 19.0. The molecule has 30 heavy (non-hydrogen) atoms. The van der Waals surface area contributed by atoms with Crippen molar-refractivity contribution >= 4 is 17.5 Å². The molecule has 3 aromatic heterocycles. The van der Waals surface area contributed by atoms with Crippen molar-refractivity contribution in [3.8, 4) is 17.1 Å². The second-order valence-electron chi connectivity index (χ2n) is 7.75. The Bertz CT molecular complexity index is 1020. The Kier molecular flexibility index (Phi) is 4.83. The summed E-state index contributed by atoms with van der Waals surface area (Å²) < 4.78 is 0. The number of hydrogen-bond acceptors (Lipinski definition) is 10. The fraction of sp³-hybridized carbons (Fsp3) is 0.400. The van der Waals surface area contributed by atoms with E-state index in [4.69, 9.17) is 0 Å². The number of nitrogens with one attached hydrogen (secondary N) is 2. The van der Waals surface area contributed by atoms with Gasteiger partial charge in [-0.15, -0.1) is 10.2 Å². The Hall–Kier alpha value is -3.40. The van der Waals surface area contributed by atoms with Crippen LogP contribution in [0.3, 0.4) is 0 Å². The Morgan fingerprint density at radius 2 is 1.97 bits per heavy atom. The van der Waals surface area contributed by atoms with E-state index in [0.29, 0.717) is 34.9 Å². The maximum absolute atomic E-state index is 10.4. The minimum absolute atomic E-state index is 0.0140. The Labute approximate surface area is 173 Å². The van der Waals surface area contributed by atoms with Crippen molar-refractivity contribution in [2.45, 2.75) is 25.8 Å². The molecule has 10 nitrogen and oxygen atoms in total. The van der Waals surface area contributed by atoms with Gasteiger partial charge in [0.2, 0.25) is 5.95 Å². The summed E-state index contributed by atoms with van der Waals surface area (Å²) in [6.45, 7) is 4.55. The van der Waals surface area contributed by atoms with Crippen molar-refractivity contribution in [2.24, 2.45) is 5.92 Å². The van der Waals surface area contributed by atoms with Gasteiger partial charge in [-0.05, 0) is 25.7 Å². The van der Waals surface area contributed by atoms with Crippen LogP contribution in [-0.2, 0) is 0 Å². The molecule has 1 atom stereocenters. The molecule has 0 amide bonds. The number of anilines is 3. The van der Waals surface area contributed by atoms with Crippen LogP contribution in [0.4, 0.5) is 17.5 Å². The SMILES string of the molecule is Cc1cnc(Nc2cnc(-c3cnc(N4CCN[C@@H](C5CC5)C4)nn3)c(O)c2)cn1. The van der Waals surface area contributed by atoms with Gasteiger partial charge in [0, 0.05) is 31.7 Å². The summed E-state index contributed by atoms with van der Waals surface area (Å²) in [5.41, 5.74) is 2.18. The van der Waals surface area contributed by atoms with Gasteiger partial charge >= 0.3 is 0 Å². The van der Waals surface area contributed by atoms with E-state index < -0.39 is 0 Å². The van der Waals surface area contributed by atoms with E-state index in [1.807, 2.05) is 6.92 Å². The van der Waals surface area contributed by atoms with Crippen LogP contribution < -0.4 is 15.5 Å². The number of aryl methyl sites for hydroxylation is 1. The van der Waals surface area contributed by atoms with Gasteiger partial charge in [0.25, 0.3) is 0 Å². The smallest absolute Gasteiger partial charge is 0.245 e. The summed E-state index contributed by atoms with van der Waals surface area (Å²) in [4.78, 5) is 19.4. The molecule has 1 saturated carbocycles. The van der Waals surface area contributed by atoms with Crippen LogP contribution in [-0.4, -0.2) is 60.9 Å². The van der Waals surface area contributed by atoms with Crippen LogP contribution in [0.5, 0.6) is 5.75 Å². The van der Waals surface area contributed by atoms with E-state index in [0.717, 1.165) is 31.2 Å². The molecule has 2 aliphatic rings. The molecule has 4 heterocycles. The van der Waals surface area contributed by atoms with E-state index in [-0.39, 0.29) is 5.75 Å². The molecule has 1 aliphatic heterocycles. The molecule has 2 fully saturated rings. The van der Waals surface area contributed by atoms with E-state index in [1.54, 1.807) is 30.9 Å². The highest BCUT2D eigenvalue weighted by atomic mass is 16.3. The van der Waals surface area contributed by atoms with Crippen LogP contribution in [0.1, 0.15) is 18.5 Å². The molecule has 0 aromatic carbocycles. The first-order chi connectivity index (χ1) is 14.7. The molecular weight excluding hydrogens is 382 g/mol. The maximum atomic E-state index is 10.4. The predicted octanol–water partition coefficient (Wildman–Crippen LogP) is 1.67. The van der Waals surface area contributed by atoms with Crippen molar-refractivity contribution in [1.82, 2.24) is 35.5 Å². The molecule has 0 bridgehead atoms. The number of rotatable bonds is 5. The highest BCUT2D eigenvalue weighted by molar-refractivity contribution is 5.66. The van der Waals surface area contributed by atoms with Crippen LogP contribution in [0, 0.1) is 12.8 Å². The first-order valence-corrected chi connectivity index (χ1v) is 10.1. The molecule has 5 rings (SSSR count). The minimum Gasteiger partial charge on any atom is -0.506 e. The van der Waals surface area contributed by atoms with E-state index >= 15 is 0 Å². The summed E-state index contributed by atoms with van der Waals surface area (Å²) in [5, 5.41) is 25.6. The van der Waals surface area contributed by atoms with Gasteiger partial charge in [0.05, 0.1) is 36.2 Å². The second kappa shape index (κ2) is 7.79. The number of piperazine rings is 1.